The van der Waals surface area contributed by atoms with Gasteiger partial charge in [0, 0.05) is 11.6 Å². The normalized spacial score (nSPS) is 10.6. The van der Waals surface area contributed by atoms with Gasteiger partial charge in [0.25, 0.3) is 5.91 Å². The minimum Gasteiger partial charge on any atom is -0.507 e. The summed E-state index contributed by atoms with van der Waals surface area (Å²) >= 11 is 1.42. The Kier molecular flexibility index (Phi) is 4.85. The van der Waals surface area contributed by atoms with Crippen molar-refractivity contribution in [3.05, 3.63) is 35.5 Å². The number of carbonyl (C=O) groups is 2. The molecule has 0 bridgehead atoms. The van der Waals surface area contributed by atoms with E-state index in [-0.39, 0.29) is 30.0 Å². The molecule has 1 amide bonds. The zero-order chi connectivity index (χ0) is 17.8. The predicted molar refractivity (Wildman–Crippen MR) is 91.3 cm³/mol. The minimum absolute atomic E-state index is 0.0417. The molecule has 0 saturated carbocycles. The number of rotatable bonds is 5. The Morgan fingerprint density at radius 3 is 2.88 bits per heavy atom. The van der Waals surface area contributed by atoms with Crippen molar-refractivity contribution in [2.24, 2.45) is 0 Å². The van der Waals surface area contributed by atoms with Gasteiger partial charge in [0.15, 0.2) is 0 Å². The van der Waals surface area contributed by atoms with Gasteiger partial charge in [0.2, 0.25) is 0 Å². The van der Waals surface area contributed by atoms with Gasteiger partial charge in [0.1, 0.15) is 34.1 Å². The van der Waals surface area contributed by atoms with Crippen molar-refractivity contribution in [1.82, 2.24) is 20.3 Å². The van der Waals surface area contributed by atoms with E-state index in [1.165, 1.54) is 23.6 Å². The number of esters is 1. The van der Waals surface area contributed by atoms with Gasteiger partial charge in [-0.15, -0.1) is 11.3 Å². The first-order chi connectivity index (χ1) is 12.1. The van der Waals surface area contributed by atoms with Crippen LogP contribution in [-0.2, 0) is 9.53 Å². The summed E-state index contributed by atoms with van der Waals surface area (Å²) in [5, 5.41) is 15.0. The lowest BCUT2D eigenvalue weighted by molar-refractivity contribution is -0.141. The maximum absolute atomic E-state index is 12.3. The SMILES string of the molecule is CCOC(=O)CNC(=O)c1c(O)ccc2nc(-c3nccs3)cnc12. The van der Waals surface area contributed by atoms with E-state index in [1.807, 2.05) is 5.38 Å². The predicted octanol–water partition coefficient (Wildman–Crippen LogP) is 1.75. The topological polar surface area (TPSA) is 114 Å². The van der Waals surface area contributed by atoms with Gasteiger partial charge in [-0.25, -0.2) is 9.97 Å². The van der Waals surface area contributed by atoms with E-state index in [1.54, 1.807) is 19.2 Å². The van der Waals surface area contributed by atoms with Crippen molar-refractivity contribution in [3.63, 3.8) is 0 Å². The minimum atomic E-state index is -0.632. The standard InChI is InChI=1S/C16H14N4O4S/c1-2-24-12(22)8-19-15(23)13-11(21)4-3-9-14(13)18-7-10(20-9)16-17-5-6-25-16/h3-7,21H,2,8H2,1H3,(H,19,23). The third-order valence-electron chi connectivity index (χ3n) is 3.27. The molecule has 0 atom stereocenters. The fourth-order valence-corrected chi connectivity index (χ4v) is 2.80. The van der Waals surface area contributed by atoms with E-state index in [0.29, 0.717) is 16.2 Å². The fraction of sp³-hybridized carbons (Fsp3) is 0.188. The average Bonchev–Trinajstić information content (AvgIpc) is 3.14. The number of hydrogen-bond acceptors (Lipinski definition) is 8. The lowest BCUT2D eigenvalue weighted by Gasteiger charge is -2.09. The number of phenols is 1. The zero-order valence-corrected chi connectivity index (χ0v) is 14.0. The van der Waals surface area contributed by atoms with Gasteiger partial charge in [-0.1, -0.05) is 0 Å². The van der Waals surface area contributed by atoms with Crippen LogP contribution < -0.4 is 5.32 Å². The highest BCUT2D eigenvalue weighted by molar-refractivity contribution is 7.13. The Morgan fingerprint density at radius 1 is 1.32 bits per heavy atom. The molecule has 8 nitrogen and oxygen atoms in total. The van der Waals surface area contributed by atoms with Crippen LogP contribution in [0, 0.1) is 0 Å². The van der Waals surface area contributed by atoms with Gasteiger partial charge in [0.05, 0.1) is 18.3 Å². The number of aromatic nitrogens is 3. The summed E-state index contributed by atoms with van der Waals surface area (Å²) in [6.07, 6.45) is 3.15. The molecule has 3 aromatic rings. The summed E-state index contributed by atoms with van der Waals surface area (Å²) in [7, 11) is 0. The van der Waals surface area contributed by atoms with Gasteiger partial charge in [-0.2, -0.15) is 0 Å². The molecule has 0 aliphatic heterocycles. The third kappa shape index (κ3) is 3.56. The van der Waals surface area contributed by atoms with Crippen molar-refractivity contribution in [1.29, 1.82) is 0 Å². The molecule has 9 heteroatoms. The zero-order valence-electron chi connectivity index (χ0n) is 13.2. The largest absolute Gasteiger partial charge is 0.507 e. The lowest BCUT2D eigenvalue weighted by Crippen LogP contribution is -2.31. The number of amides is 1. The second-order valence-corrected chi connectivity index (χ2v) is 5.80. The van der Waals surface area contributed by atoms with Crippen LogP contribution in [0.1, 0.15) is 17.3 Å². The highest BCUT2D eigenvalue weighted by Gasteiger charge is 2.19. The number of thiazole rings is 1. The molecule has 3 rings (SSSR count). The van der Waals surface area contributed by atoms with Crippen LogP contribution in [0.25, 0.3) is 21.7 Å². The molecule has 2 aromatic heterocycles. The molecule has 128 valence electrons. The first kappa shape index (κ1) is 16.8. The van der Waals surface area contributed by atoms with Gasteiger partial charge >= 0.3 is 5.97 Å². The summed E-state index contributed by atoms with van der Waals surface area (Å²) in [5.74, 6) is -1.44. The Morgan fingerprint density at radius 2 is 2.16 bits per heavy atom. The van der Waals surface area contributed by atoms with Crippen molar-refractivity contribution in [2.75, 3.05) is 13.2 Å². The second-order valence-electron chi connectivity index (χ2n) is 4.91. The van der Waals surface area contributed by atoms with Gasteiger partial charge in [-0.05, 0) is 19.1 Å². The Hall–Kier alpha value is -3.07. The van der Waals surface area contributed by atoms with Gasteiger partial charge in [-0.3, -0.25) is 14.6 Å². The van der Waals surface area contributed by atoms with E-state index < -0.39 is 11.9 Å². The number of aromatic hydroxyl groups is 1. The quantitative estimate of drug-likeness (QED) is 0.668. The van der Waals surface area contributed by atoms with E-state index in [0.717, 1.165) is 0 Å². The van der Waals surface area contributed by atoms with Crippen LogP contribution >= 0.6 is 11.3 Å². The molecule has 2 N–H and O–H groups in total. The molecule has 0 aliphatic carbocycles. The maximum atomic E-state index is 12.3. The van der Waals surface area contributed by atoms with Crippen molar-refractivity contribution in [2.45, 2.75) is 6.92 Å². The maximum Gasteiger partial charge on any atom is 0.325 e. The highest BCUT2D eigenvalue weighted by Crippen LogP contribution is 2.27. The van der Waals surface area contributed by atoms with E-state index >= 15 is 0 Å². The van der Waals surface area contributed by atoms with Crippen LogP contribution in [-0.4, -0.2) is 45.1 Å². The lowest BCUT2D eigenvalue weighted by atomic mass is 10.1. The molecule has 1 aromatic carbocycles. The molecule has 25 heavy (non-hydrogen) atoms. The number of nitrogens with zero attached hydrogens (tertiary/aromatic N) is 3. The Balaban J connectivity index is 1.93. The molecule has 0 fully saturated rings. The summed E-state index contributed by atoms with van der Waals surface area (Å²) < 4.78 is 4.75. The summed E-state index contributed by atoms with van der Waals surface area (Å²) in [6, 6.07) is 2.93. The number of hydrogen-bond donors (Lipinski definition) is 2. The van der Waals surface area contributed by atoms with Crippen LogP contribution in [0.2, 0.25) is 0 Å². The first-order valence-corrected chi connectivity index (χ1v) is 8.30. The van der Waals surface area contributed by atoms with Crippen LogP contribution in [0.4, 0.5) is 0 Å². The number of benzene rings is 1. The molecule has 0 radical (unpaired) electrons. The smallest absolute Gasteiger partial charge is 0.325 e. The van der Waals surface area contributed by atoms with E-state index in [2.05, 4.69) is 20.3 Å². The van der Waals surface area contributed by atoms with Gasteiger partial charge < -0.3 is 15.2 Å². The highest BCUT2D eigenvalue weighted by atomic mass is 32.1. The first-order valence-electron chi connectivity index (χ1n) is 7.42. The molecule has 0 unspecified atom stereocenters. The number of nitrogens with one attached hydrogen (secondary N) is 1. The molecule has 2 heterocycles. The summed E-state index contributed by atoms with van der Waals surface area (Å²) in [6.45, 7) is 1.60. The van der Waals surface area contributed by atoms with Crippen molar-refractivity contribution < 1.29 is 19.4 Å². The number of ether oxygens (including phenoxy) is 1. The Bertz CT molecular complexity index is 927. The van der Waals surface area contributed by atoms with Crippen LogP contribution in [0.3, 0.4) is 0 Å². The number of carbonyl (C=O) groups excluding carboxylic acids is 2. The number of fused-ring (bicyclic) bond motifs is 1. The van der Waals surface area contributed by atoms with E-state index in [9.17, 15) is 14.7 Å². The third-order valence-corrected chi connectivity index (χ3v) is 4.06. The molecular formula is C16H14N4O4S. The summed E-state index contributed by atoms with van der Waals surface area (Å²) in [4.78, 5) is 36.6. The number of phenolic OH excluding ortho intramolecular Hbond substituents is 1. The van der Waals surface area contributed by atoms with Crippen molar-refractivity contribution >= 4 is 34.2 Å². The fourth-order valence-electron chi connectivity index (χ4n) is 2.20. The second kappa shape index (κ2) is 7.22. The van der Waals surface area contributed by atoms with Crippen LogP contribution in [0.15, 0.2) is 29.9 Å². The van der Waals surface area contributed by atoms with Crippen molar-refractivity contribution in [3.8, 4) is 16.5 Å². The molecule has 0 aliphatic rings. The summed E-state index contributed by atoms with van der Waals surface area (Å²) in [5.41, 5.74) is 1.21. The van der Waals surface area contributed by atoms with E-state index in [4.69, 9.17) is 4.74 Å². The average molecular weight is 358 g/mol. The van der Waals surface area contributed by atoms with Crippen LogP contribution in [0.5, 0.6) is 5.75 Å². The molecule has 0 spiro atoms. The Labute approximate surface area is 146 Å². The molecule has 0 saturated heterocycles. The molecular weight excluding hydrogens is 344 g/mol. The monoisotopic (exact) mass is 358 g/mol.